The van der Waals surface area contributed by atoms with E-state index in [-0.39, 0.29) is 11.7 Å². The first kappa shape index (κ1) is 13.6. The van der Waals surface area contributed by atoms with Gasteiger partial charge in [-0.25, -0.2) is 5.43 Å². The fourth-order valence-corrected chi connectivity index (χ4v) is 1.56. The first-order chi connectivity index (χ1) is 9.74. The molecule has 102 valence electrons. The Bertz CT molecular complexity index is 579. The highest BCUT2D eigenvalue weighted by atomic mass is 16.3. The van der Waals surface area contributed by atoms with Crippen molar-refractivity contribution in [2.45, 2.75) is 6.54 Å². The highest BCUT2D eigenvalue weighted by molar-refractivity contribution is 5.82. The van der Waals surface area contributed by atoms with Gasteiger partial charge in [-0.2, -0.15) is 5.10 Å². The standard InChI is InChI=1S/C15H16N4O/c16-15(17-10-12-4-2-1-3-5-12)19-18-11-13-6-8-14(20)9-7-13/h1-9,11,20H,10H2,(H3,16,17,19)/b18-11+. The molecule has 0 bridgehead atoms. The average molecular weight is 268 g/mol. The number of guanidine groups is 1. The molecule has 0 aliphatic heterocycles. The molecule has 0 spiro atoms. The second-order valence-corrected chi connectivity index (χ2v) is 4.18. The quantitative estimate of drug-likeness (QED) is 0.389. The molecule has 0 radical (unpaired) electrons. The molecule has 2 aromatic rings. The van der Waals surface area contributed by atoms with E-state index in [1.807, 2.05) is 30.3 Å². The second kappa shape index (κ2) is 6.94. The van der Waals surface area contributed by atoms with Crippen molar-refractivity contribution in [1.29, 1.82) is 5.41 Å². The summed E-state index contributed by atoms with van der Waals surface area (Å²) in [5.41, 5.74) is 4.53. The topological polar surface area (TPSA) is 80.5 Å². The fourth-order valence-electron chi connectivity index (χ4n) is 1.56. The van der Waals surface area contributed by atoms with Gasteiger partial charge in [-0.05, 0) is 35.4 Å². The number of nitrogens with one attached hydrogen (secondary N) is 3. The van der Waals surface area contributed by atoms with Crippen LogP contribution >= 0.6 is 0 Å². The van der Waals surface area contributed by atoms with Crippen molar-refractivity contribution in [3.05, 3.63) is 65.7 Å². The van der Waals surface area contributed by atoms with Crippen LogP contribution in [-0.4, -0.2) is 17.3 Å². The molecule has 5 nitrogen and oxygen atoms in total. The van der Waals surface area contributed by atoms with Crippen LogP contribution in [0, 0.1) is 5.41 Å². The number of hydrazone groups is 1. The third-order valence-electron chi connectivity index (χ3n) is 2.60. The summed E-state index contributed by atoms with van der Waals surface area (Å²) in [5.74, 6) is 0.344. The van der Waals surface area contributed by atoms with Gasteiger partial charge in [-0.1, -0.05) is 30.3 Å². The van der Waals surface area contributed by atoms with E-state index in [1.165, 1.54) is 0 Å². The van der Waals surface area contributed by atoms with Crippen molar-refractivity contribution in [2.75, 3.05) is 0 Å². The summed E-state index contributed by atoms with van der Waals surface area (Å²) >= 11 is 0. The molecule has 0 aliphatic carbocycles. The van der Waals surface area contributed by atoms with Crippen LogP contribution in [0.4, 0.5) is 0 Å². The molecule has 0 atom stereocenters. The van der Waals surface area contributed by atoms with Gasteiger partial charge in [0.15, 0.2) is 0 Å². The highest BCUT2D eigenvalue weighted by Crippen LogP contribution is 2.07. The Labute approximate surface area is 117 Å². The maximum absolute atomic E-state index is 9.14. The Morgan fingerprint density at radius 1 is 1.10 bits per heavy atom. The molecule has 0 saturated heterocycles. The van der Waals surface area contributed by atoms with E-state index in [4.69, 9.17) is 10.5 Å². The first-order valence-electron chi connectivity index (χ1n) is 6.18. The third kappa shape index (κ3) is 4.45. The van der Waals surface area contributed by atoms with Crippen molar-refractivity contribution < 1.29 is 5.11 Å². The largest absolute Gasteiger partial charge is 0.508 e. The molecule has 0 aromatic heterocycles. The Morgan fingerprint density at radius 2 is 1.80 bits per heavy atom. The van der Waals surface area contributed by atoms with Crippen LogP contribution in [0.5, 0.6) is 5.75 Å². The number of benzene rings is 2. The first-order valence-corrected chi connectivity index (χ1v) is 6.18. The SMILES string of the molecule is N=C(NCc1ccccc1)N/N=C/c1ccc(O)cc1. The summed E-state index contributed by atoms with van der Waals surface area (Å²) in [6.45, 7) is 0.571. The molecule has 5 heteroatoms. The van der Waals surface area contributed by atoms with E-state index in [1.54, 1.807) is 30.5 Å². The third-order valence-corrected chi connectivity index (χ3v) is 2.60. The Morgan fingerprint density at radius 3 is 2.50 bits per heavy atom. The fraction of sp³-hybridized carbons (Fsp3) is 0.0667. The number of hydrogen-bond acceptors (Lipinski definition) is 3. The molecule has 2 rings (SSSR count). The molecule has 2 aromatic carbocycles. The van der Waals surface area contributed by atoms with Gasteiger partial charge in [-0.15, -0.1) is 0 Å². The zero-order valence-electron chi connectivity index (χ0n) is 10.9. The van der Waals surface area contributed by atoms with Crippen LogP contribution in [-0.2, 0) is 6.54 Å². The van der Waals surface area contributed by atoms with Crippen LogP contribution in [0.1, 0.15) is 11.1 Å². The Balaban J connectivity index is 1.76. The molecule has 0 saturated carbocycles. The van der Waals surface area contributed by atoms with E-state index in [9.17, 15) is 0 Å². The normalized spacial score (nSPS) is 10.4. The monoisotopic (exact) mass is 268 g/mol. The van der Waals surface area contributed by atoms with Gasteiger partial charge in [0.1, 0.15) is 5.75 Å². The minimum Gasteiger partial charge on any atom is -0.508 e. The number of phenolic OH excluding ortho intramolecular Hbond substituents is 1. The van der Waals surface area contributed by atoms with Gasteiger partial charge in [0.25, 0.3) is 0 Å². The molecule has 0 amide bonds. The maximum Gasteiger partial charge on any atom is 0.209 e. The second-order valence-electron chi connectivity index (χ2n) is 4.18. The van der Waals surface area contributed by atoms with Crippen molar-refractivity contribution in [3.63, 3.8) is 0 Å². The number of phenols is 1. The lowest BCUT2D eigenvalue weighted by Crippen LogP contribution is -2.32. The molecular formula is C15H16N4O. The highest BCUT2D eigenvalue weighted by Gasteiger charge is 1.94. The van der Waals surface area contributed by atoms with Gasteiger partial charge in [-0.3, -0.25) is 5.41 Å². The minimum absolute atomic E-state index is 0.129. The molecular weight excluding hydrogens is 252 g/mol. The van der Waals surface area contributed by atoms with E-state index < -0.39 is 0 Å². The minimum atomic E-state index is 0.129. The number of aromatic hydroxyl groups is 1. The van der Waals surface area contributed by atoms with Crippen LogP contribution in [0.15, 0.2) is 59.7 Å². The molecule has 20 heavy (non-hydrogen) atoms. The van der Waals surface area contributed by atoms with Crippen molar-refractivity contribution in [2.24, 2.45) is 5.10 Å². The molecule has 0 unspecified atom stereocenters. The van der Waals surface area contributed by atoms with Crippen molar-refractivity contribution in [1.82, 2.24) is 10.7 Å². The summed E-state index contributed by atoms with van der Waals surface area (Å²) in [5, 5.41) is 23.7. The number of nitrogens with zero attached hydrogens (tertiary/aromatic N) is 1. The van der Waals surface area contributed by atoms with Crippen molar-refractivity contribution in [3.8, 4) is 5.75 Å². The van der Waals surface area contributed by atoms with E-state index in [0.717, 1.165) is 11.1 Å². The number of hydrogen-bond donors (Lipinski definition) is 4. The molecule has 4 N–H and O–H groups in total. The van der Waals surface area contributed by atoms with Crippen LogP contribution in [0.2, 0.25) is 0 Å². The van der Waals surface area contributed by atoms with Gasteiger partial charge in [0.05, 0.1) is 6.21 Å². The Hall–Kier alpha value is -2.82. The van der Waals surface area contributed by atoms with E-state index in [2.05, 4.69) is 15.8 Å². The van der Waals surface area contributed by atoms with Crippen molar-refractivity contribution >= 4 is 12.2 Å². The zero-order valence-corrected chi connectivity index (χ0v) is 10.9. The summed E-state index contributed by atoms with van der Waals surface area (Å²) in [6, 6.07) is 16.5. The lowest BCUT2D eigenvalue weighted by molar-refractivity contribution is 0.475. The van der Waals surface area contributed by atoms with E-state index >= 15 is 0 Å². The lowest BCUT2D eigenvalue weighted by atomic mass is 10.2. The maximum atomic E-state index is 9.14. The number of rotatable bonds is 4. The molecule has 0 aliphatic rings. The Kier molecular flexibility index (Phi) is 4.72. The average Bonchev–Trinajstić information content (AvgIpc) is 2.48. The molecule has 0 heterocycles. The smallest absolute Gasteiger partial charge is 0.209 e. The molecule has 0 fully saturated rings. The van der Waals surface area contributed by atoms with Gasteiger partial charge >= 0.3 is 0 Å². The van der Waals surface area contributed by atoms with Crippen LogP contribution in [0.25, 0.3) is 0 Å². The lowest BCUT2D eigenvalue weighted by Gasteiger charge is -2.06. The summed E-state index contributed by atoms with van der Waals surface area (Å²) in [4.78, 5) is 0. The summed E-state index contributed by atoms with van der Waals surface area (Å²) < 4.78 is 0. The zero-order chi connectivity index (χ0) is 14.2. The predicted molar refractivity (Wildman–Crippen MR) is 79.8 cm³/mol. The van der Waals surface area contributed by atoms with Gasteiger partial charge in [0.2, 0.25) is 5.96 Å². The van der Waals surface area contributed by atoms with Gasteiger partial charge in [0, 0.05) is 6.54 Å². The van der Waals surface area contributed by atoms with Gasteiger partial charge < -0.3 is 10.4 Å². The van der Waals surface area contributed by atoms with Crippen LogP contribution < -0.4 is 10.7 Å². The van der Waals surface area contributed by atoms with Crippen LogP contribution in [0.3, 0.4) is 0 Å². The van der Waals surface area contributed by atoms with E-state index in [0.29, 0.717) is 6.54 Å². The summed E-state index contributed by atoms with van der Waals surface area (Å²) in [6.07, 6.45) is 1.58. The predicted octanol–water partition coefficient (Wildman–Crippen LogP) is 2.04. The summed E-state index contributed by atoms with van der Waals surface area (Å²) in [7, 11) is 0.